The largest absolute Gasteiger partial charge is 0.308 e. The zero-order chi connectivity index (χ0) is 14.1. The van der Waals surface area contributed by atoms with Crippen LogP contribution in [0.4, 0.5) is 8.78 Å². The Morgan fingerprint density at radius 3 is 2.25 bits per heavy atom. The van der Waals surface area contributed by atoms with Crippen LogP contribution >= 0.6 is 0 Å². The van der Waals surface area contributed by atoms with Crippen LogP contribution in [0.15, 0.2) is 65.5 Å². The first kappa shape index (κ1) is 12.5. The van der Waals surface area contributed by atoms with E-state index in [1.54, 1.807) is 48.5 Å². The smallest absolute Gasteiger partial charge is 0.278 e. The van der Waals surface area contributed by atoms with E-state index in [0.29, 0.717) is 16.6 Å². The van der Waals surface area contributed by atoms with Crippen LogP contribution in [0, 0.1) is 0 Å². The highest BCUT2D eigenvalue weighted by molar-refractivity contribution is 5.81. The van der Waals surface area contributed by atoms with Gasteiger partial charge in [-0.3, -0.25) is 4.79 Å². The summed E-state index contributed by atoms with van der Waals surface area (Å²) in [5.41, 5.74) is 0.420. The Hall–Kier alpha value is -2.49. The quantitative estimate of drug-likeness (QED) is 0.692. The third kappa shape index (κ3) is 1.99. The number of pyridine rings is 1. The summed E-state index contributed by atoms with van der Waals surface area (Å²) >= 11 is 0. The molecule has 0 N–H and O–H groups in total. The van der Waals surface area contributed by atoms with Gasteiger partial charge in [-0.15, -0.1) is 0 Å². The van der Waals surface area contributed by atoms with E-state index >= 15 is 0 Å². The average Bonchev–Trinajstić information content (AvgIpc) is 2.48. The Bertz CT molecular complexity index is 810. The van der Waals surface area contributed by atoms with Gasteiger partial charge >= 0.3 is 0 Å². The number of benzene rings is 2. The molecule has 100 valence electrons. The number of alkyl halides is 2. The van der Waals surface area contributed by atoms with Crippen LogP contribution in [0.25, 0.3) is 16.6 Å². The standard InChI is InChI=1S/C16H11F2NO/c17-16(18)14-10-15(20)12-8-4-5-9-13(12)19(14)11-6-2-1-3-7-11/h1-10,16H. The highest BCUT2D eigenvalue weighted by Crippen LogP contribution is 2.25. The van der Waals surface area contributed by atoms with E-state index < -0.39 is 6.43 Å². The molecule has 0 radical (unpaired) electrons. The summed E-state index contributed by atoms with van der Waals surface area (Å²) in [6.45, 7) is 0. The van der Waals surface area contributed by atoms with Crippen molar-refractivity contribution in [2.75, 3.05) is 0 Å². The van der Waals surface area contributed by atoms with Crippen molar-refractivity contribution >= 4 is 10.9 Å². The number of hydrogen-bond donors (Lipinski definition) is 0. The molecule has 1 heterocycles. The van der Waals surface area contributed by atoms with Gasteiger partial charge in [0.15, 0.2) is 5.43 Å². The molecule has 3 aromatic rings. The molecule has 0 aliphatic rings. The van der Waals surface area contributed by atoms with Crippen molar-refractivity contribution in [3.8, 4) is 5.69 Å². The van der Waals surface area contributed by atoms with Gasteiger partial charge in [-0.2, -0.15) is 0 Å². The Morgan fingerprint density at radius 2 is 1.55 bits per heavy atom. The van der Waals surface area contributed by atoms with Crippen molar-refractivity contribution in [1.29, 1.82) is 0 Å². The maximum atomic E-state index is 13.3. The number of para-hydroxylation sites is 2. The maximum absolute atomic E-state index is 13.3. The van der Waals surface area contributed by atoms with E-state index in [0.717, 1.165) is 6.07 Å². The molecule has 0 saturated carbocycles. The van der Waals surface area contributed by atoms with Crippen molar-refractivity contribution in [3.63, 3.8) is 0 Å². The minimum absolute atomic E-state index is 0.292. The molecule has 2 nitrogen and oxygen atoms in total. The summed E-state index contributed by atoms with van der Waals surface area (Å²) in [6, 6.07) is 16.6. The minimum atomic E-state index is -2.72. The second-order valence-corrected chi connectivity index (χ2v) is 4.42. The molecule has 0 spiro atoms. The van der Waals surface area contributed by atoms with Gasteiger partial charge in [-0.05, 0) is 24.3 Å². The van der Waals surface area contributed by atoms with Crippen molar-refractivity contribution < 1.29 is 8.78 Å². The molecule has 1 aromatic heterocycles. The third-order valence-electron chi connectivity index (χ3n) is 3.19. The van der Waals surface area contributed by atoms with Gasteiger partial charge < -0.3 is 4.57 Å². The molecule has 0 aliphatic carbocycles. The Labute approximate surface area is 113 Å². The highest BCUT2D eigenvalue weighted by atomic mass is 19.3. The number of rotatable bonds is 2. The molecular weight excluding hydrogens is 260 g/mol. The Kier molecular flexibility index (Phi) is 3.06. The fraction of sp³-hybridized carbons (Fsp3) is 0.0625. The molecule has 4 heteroatoms. The van der Waals surface area contributed by atoms with Crippen LogP contribution in [0.3, 0.4) is 0 Å². The van der Waals surface area contributed by atoms with E-state index in [1.807, 2.05) is 6.07 Å². The fourth-order valence-electron chi connectivity index (χ4n) is 2.32. The third-order valence-corrected chi connectivity index (χ3v) is 3.19. The second-order valence-electron chi connectivity index (χ2n) is 4.42. The number of halogens is 2. The second kappa shape index (κ2) is 4.89. The molecule has 0 amide bonds. The summed E-state index contributed by atoms with van der Waals surface area (Å²) in [4.78, 5) is 11.9. The van der Waals surface area contributed by atoms with E-state index in [1.165, 1.54) is 4.57 Å². The number of nitrogens with zero attached hydrogens (tertiary/aromatic N) is 1. The molecule has 0 saturated heterocycles. The molecule has 2 aromatic carbocycles. The number of aromatic nitrogens is 1. The highest BCUT2D eigenvalue weighted by Gasteiger charge is 2.17. The Balaban J connectivity index is 2.47. The van der Waals surface area contributed by atoms with Gasteiger partial charge in [0.05, 0.1) is 11.2 Å². The monoisotopic (exact) mass is 271 g/mol. The SMILES string of the molecule is O=c1cc(C(F)F)n(-c2ccccc2)c2ccccc12. The average molecular weight is 271 g/mol. The van der Waals surface area contributed by atoms with Crippen molar-refractivity contribution in [2.24, 2.45) is 0 Å². The van der Waals surface area contributed by atoms with Crippen LogP contribution in [-0.2, 0) is 0 Å². The van der Waals surface area contributed by atoms with E-state index in [-0.39, 0.29) is 11.1 Å². The molecule has 0 aliphatic heterocycles. The molecular formula is C16H11F2NO. The van der Waals surface area contributed by atoms with Gasteiger partial charge in [0.2, 0.25) is 0 Å². The van der Waals surface area contributed by atoms with E-state index in [4.69, 9.17) is 0 Å². The van der Waals surface area contributed by atoms with Gasteiger partial charge in [0.25, 0.3) is 6.43 Å². The summed E-state index contributed by atoms with van der Waals surface area (Å²) in [5.74, 6) is 0. The predicted octanol–water partition coefficient (Wildman–Crippen LogP) is 3.93. The fourth-order valence-corrected chi connectivity index (χ4v) is 2.32. The topological polar surface area (TPSA) is 22.0 Å². The summed E-state index contributed by atoms with van der Waals surface area (Å²) in [7, 11) is 0. The lowest BCUT2D eigenvalue weighted by molar-refractivity contribution is 0.143. The molecule has 0 atom stereocenters. The van der Waals surface area contributed by atoms with Gasteiger partial charge in [-0.1, -0.05) is 30.3 Å². The van der Waals surface area contributed by atoms with E-state index in [9.17, 15) is 13.6 Å². The molecule has 0 unspecified atom stereocenters. The number of fused-ring (bicyclic) bond motifs is 1. The summed E-state index contributed by atoms with van der Waals surface area (Å²) in [5, 5.41) is 0.431. The molecule has 3 rings (SSSR count). The predicted molar refractivity (Wildman–Crippen MR) is 74.5 cm³/mol. The van der Waals surface area contributed by atoms with Crippen LogP contribution in [0.5, 0.6) is 0 Å². The maximum Gasteiger partial charge on any atom is 0.278 e. The van der Waals surface area contributed by atoms with Crippen molar-refractivity contribution in [2.45, 2.75) is 6.43 Å². The number of hydrogen-bond acceptors (Lipinski definition) is 1. The first-order valence-corrected chi connectivity index (χ1v) is 6.17. The molecule has 0 fully saturated rings. The Morgan fingerprint density at radius 1 is 0.900 bits per heavy atom. The van der Waals surface area contributed by atoms with Gasteiger partial charge in [0, 0.05) is 17.1 Å². The lowest BCUT2D eigenvalue weighted by Gasteiger charge is -2.16. The van der Waals surface area contributed by atoms with E-state index in [2.05, 4.69) is 0 Å². The van der Waals surface area contributed by atoms with Gasteiger partial charge in [-0.25, -0.2) is 8.78 Å². The van der Waals surface area contributed by atoms with Crippen molar-refractivity contribution in [1.82, 2.24) is 4.57 Å². The van der Waals surface area contributed by atoms with Crippen LogP contribution < -0.4 is 5.43 Å². The molecule has 0 bridgehead atoms. The molecule has 20 heavy (non-hydrogen) atoms. The lowest BCUT2D eigenvalue weighted by atomic mass is 10.1. The van der Waals surface area contributed by atoms with Crippen LogP contribution in [0.2, 0.25) is 0 Å². The minimum Gasteiger partial charge on any atom is -0.308 e. The van der Waals surface area contributed by atoms with Crippen molar-refractivity contribution in [3.05, 3.63) is 76.6 Å². The lowest BCUT2D eigenvalue weighted by Crippen LogP contribution is -2.13. The van der Waals surface area contributed by atoms with Crippen LogP contribution in [-0.4, -0.2) is 4.57 Å². The first-order valence-electron chi connectivity index (χ1n) is 6.17. The zero-order valence-electron chi connectivity index (χ0n) is 10.5. The summed E-state index contributed by atoms with van der Waals surface area (Å²) < 4.78 is 28.0. The normalized spacial score (nSPS) is 11.2. The first-order chi connectivity index (χ1) is 9.68. The zero-order valence-corrected chi connectivity index (χ0v) is 10.5. The van der Waals surface area contributed by atoms with Gasteiger partial charge in [0.1, 0.15) is 0 Å². The van der Waals surface area contributed by atoms with Crippen LogP contribution in [0.1, 0.15) is 12.1 Å². The summed E-state index contributed by atoms with van der Waals surface area (Å²) in [6.07, 6.45) is -2.72.